The molecule has 0 bridgehead atoms. The number of aryl methyl sites for hydroxylation is 1. The normalized spacial score (nSPS) is 16.1. The van der Waals surface area contributed by atoms with E-state index in [1.54, 1.807) is 11.3 Å². The number of hydrogen-bond acceptors (Lipinski definition) is 3. The maximum Gasteiger partial charge on any atom is 0.203 e. The second kappa shape index (κ2) is 5.67. The van der Waals surface area contributed by atoms with E-state index in [9.17, 15) is 0 Å². The Morgan fingerprint density at radius 1 is 1.42 bits per heavy atom. The second-order valence-electron chi connectivity index (χ2n) is 5.17. The monoisotopic (exact) mass is 339 g/mol. The summed E-state index contributed by atoms with van der Waals surface area (Å²) < 4.78 is 3.41. The third-order valence-corrected chi connectivity index (χ3v) is 5.15. The number of aromatic nitrogens is 2. The third kappa shape index (κ3) is 3.20. The van der Waals surface area contributed by atoms with Crippen molar-refractivity contribution in [2.75, 3.05) is 5.32 Å². The summed E-state index contributed by atoms with van der Waals surface area (Å²) in [4.78, 5) is 5.97. The quantitative estimate of drug-likeness (QED) is 0.893. The van der Waals surface area contributed by atoms with Gasteiger partial charge in [0.1, 0.15) is 0 Å². The fourth-order valence-electron chi connectivity index (χ4n) is 2.64. The van der Waals surface area contributed by atoms with Crippen molar-refractivity contribution in [3.05, 3.63) is 32.7 Å². The average molecular weight is 340 g/mol. The highest BCUT2D eigenvalue weighted by Gasteiger charge is 2.17. The fraction of sp³-hybridized carbons (Fsp3) is 0.500. The SMILES string of the molecule is Cc1cn(Cc2ccc(Br)s2)c(NC2CCCC2)n1. The van der Waals surface area contributed by atoms with E-state index in [2.05, 4.69) is 56.1 Å². The lowest BCUT2D eigenvalue weighted by Crippen LogP contribution is -2.18. The number of hydrogen-bond donors (Lipinski definition) is 1. The van der Waals surface area contributed by atoms with Gasteiger partial charge >= 0.3 is 0 Å². The lowest BCUT2D eigenvalue weighted by atomic mass is 10.2. The van der Waals surface area contributed by atoms with Crippen LogP contribution in [-0.2, 0) is 6.54 Å². The van der Waals surface area contributed by atoms with Crippen molar-refractivity contribution in [3.8, 4) is 0 Å². The first-order chi connectivity index (χ1) is 9.20. The third-order valence-electron chi connectivity index (χ3n) is 3.54. The minimum Gasteiger partial charge on any atom is -0.353 e. The summed E-state index contributed by atoms with van der Waals surface area (Å²) in [7, 11) is 0. The molecular formula is C14H18BrN3S. The molecule has 2 heterocycles. The Kier molecular flexibility index (Phi) is 3.93. The Bertz CT molecular complexity index is 555. The second-order valence-corrected chi connectivity index (χ2v) is 7.71. The number of rotatable bonds is 4. The van der Waals surface area contributed by atoms with Crippen molar-refractivity contribution in [3.63, 3.8) is 0 Å². The summed E-state index contributed by atoms with van der Waals surface area (Å²) in [6.07, 6.45) is 7.36. The highest BCUT2D eigenvalue weighted by atomic mass is 79.9. The largest absolute Gasteiger partial charge is 0.353 e. The van der Waals surface area contributed by atoms with Crippen molar-refractivity contribution in [2.24, 2.45) is 0 Å². The number of anilines is 1. The number of thiophene rings is 1. The van der Waals surface area contributed by atoms with Gasteiger partial charge in [0.2, 0.25) is 5.95 Å². The van der Waals surface area contributed by atoms with Gasteiger partial charge in [-0.3, -0.25) is 0 Å². The summed E-state index contributed by atoms with van der Waals surface area (Å²) in [6, 6.07) is 4.88. The molecule has 0 amide bonds. The van der Waals surface area contributed by atoms with E-state index in [1.807, 2.05) is 0 Å². The van der Waals surface area contributed by atoms with Crippen LogP contribution < -0.4 is 5.32 Å². The topological polar surface area (TPSA) is 29.9 Å². The van der Waals surface area contributed by atoms with Gasteiger partial charge < -0.3 is 9.88 Å². The summed E-state index contributed by atoms with van der Waals surface area (Å²) in [6.45, 7) is 2.95. The van der Waals surface area contributed by atoms with Crippen LogP contribution in [0.2, 0.25) is 0 Å². The molecule has 2 aromatic rings. The Morgan fingerprint density at radius 2 is 2.21 bits per heavy atom. The van der Waals surface area contributed by atoms with Crippen LogP contribution in [0.1, 0.15) is 36.3 Å². The van der Waals surface area contributed by atoms with Gasteiger partial charge in [-0.15, -0.1) is 11.3 Å². The summed E-state index contributed by atoms with van der Waals surface area (Å²) in [5.41, 5.74) is 1.08. The van der Waals surface area contributed by atoms with Gasteiger partial charge in [0.25, 0.3) is 0 Å². The molecule has 1 fully saturated rings. The number of imidazole rings is 1. The average Bonchev–Trinajstić information content (AvgIpc) is 3.05. The van der Waals surface area contributed by atoms with Crippen LogP contribution in [0, 0.1) is 6.92 Å². The Balaban J connectivity index is 1.76. The van der Waals surface area contributed by atoms with Gasteiger partial charge in [0, 0.05) is 17.1 Å². The maximum absolute atomic E-state index is 4.62. The van der Waals surface area contributed by atoms with Crippen LogP contribution in [0.15, 0.2) is 22.1 Å². The first kappa shape index (κ1) is 13.2. The zero-order chi connectivity index (χ0) is 13.2. The zero-order valence-corrected chi connectivity index (χ0v) is 13.4. The predicted molar refractivity (Wildman–Crippen MR) is 84.0 cm³/mol. The van der Waals surface area contributed by atoms with E-state index in [-0.39, 0.29) is 0 Å². The van der Waals surface area contributed by atoms with Gasteiger partial charge in [-0.1, -0.05) is 12.8 Å². The van der Waals surface area contributed by atoms with Gasteiger partial charge in [-0.2, -0.15) is 0 Å². The van der Waals surface area contributed by atoms with Gasteiger partial charge in [0.15, 0.2) is 0 Å². The zero-order valence-electron chi connectivity index (χ0n) is 11.0. The summed E-state index contributed by atoms with van der Waals surface area (Å²) in [5.74, 6) is 1.02. The van der Waals surface area contributed by atoms with Crippen molar-refractivity contribution < 1.29 is 0 Å². The molecule has 3 nitrogen and oxygen atoms in total. The van der Waals surface area contributed by atoms with E-state index in [0.717, 1.165) is 18.2 Å². The predicted octanol–water partition coefficient (Wildman–Crippen LogP) is 4.42. The number of nitrogens with zero attached hydrogens (tertiary/aromatic N) is 2. The molecule has 1 saturated carbocycles. The van der Waals surface area contributed by atoms with Gasteiger partial charge in [0.05, 0.1) is 16.0 Å². The molecule has 19 heavy (non-hydrogen) atoms. The smallest absolute Gasteiger partial charge is 0.203 e. The van der Waals surface area contributed by atoms with E-state index < -0.39 is 0 Å². The lowest BCUT2D eigenvalue weighted by molar-refractivity contribution is 0.719. The molecule has 0 aliphatic heterocycles. The molecule has 0 atom stereocenters. The van der Waals surface area contributed by atoms with E-state index in [1.165, 1.54) is 34.3 Å². The number of nitrogens with one attached hydrogen (secondary N) is 1. The molecule has 0 saturated heterocycles. The molecule has 5 heteroatoms. The molecule has 0 radical (unpaired) electrons. The Morgan fingerprint density at radius 3 is 2.89 bits per heavy atom. The fourth-order valence-corrected chi connectivity index (χ4v) is 4.12. The van der Waals surface area contributed by atoms with Crippen LogP contribution in [0.3, 0.4) is 0 Å². The molecule has 3 rings (SSSR count). The van der Waals surface area contributed by atoms with Crippen molar-refractivity contribution >= 4 is 33.2 Å². The molecular weight excluding hydrogens is 322 g/mol. The molecule has 0 spiro atoms. The van der Waals surface area contributed by atoms with E-state index in [4.69, 9.17) is 0 Å². The molecule has 1 aliphatic carbocycles. The van der Waals surface area contributed by atoms with Crippen LogP contribution >= 0.6 is 27.3 Å². The first-order valence-electron chi connectivity index (χ1n) is 6.75. The lowest BCUT2D eigenvalue weighted by Gasteiger charge is -2.14. The Labute approximate surface area is 126 Å². The van der Waals surface area contributed by atoms with Crippen LogP contribution in [0.25, 0.3) is 0 Å². The van der Waals surface area contributed by atoms with Gasteiger partial charge in [-0.25, -0.2) is 4.98 Å². The maximum atomic E-state index is 4.62. The standard InChI is InChI=1S/C14H18BrN3S/c1-10-8-18(9-12-6-7-13(15)19-12)14(16-10)17-11-4-2-3-5-11/h6-8,11H,2-5,9H2,1H3,(H,16,17). The highest BCUT2D eigenvalue weighted by molar-refractivity contribution is 9.11. The van der Waals surface area contributed by atoms with Crippen molar-refractivity contribution in [1.29, 1.82) is 0 Å². The number of halogens is 1. The van der Waals surface area contributed by atoms with Crippen LogP contribution in [0.4, 0.5) is 5.95 Å². The summed E-state index contributed by atoms with van der Waals surface area (Å²) in [5, 5.41) is 3.60. The van der Waals surface area contributed by atoms with E-state index >= 15 is 0 Å². The molecule has 0 unspecified atom stereocenters. The van der Waals surface area contributed by atoms with Crippen LogP contribution in [0.5, 0.6) is 0 Å². The first-order valence-corrected chi connectivity index (χ1v) is 8.36. The Hall–Kier alpha value is -0.810. The minimum atomic E-state index is 0.607. The van der Waals surface area contributed by atoms with Crippen LogP contribution in [-0.4, -0.2) is 15.6 Å². The van der Waals surface area contributed by atoms with E-state index in [0.29, 0.717) is 6.04 Å². The minimum absolute atomic E-state index is 0.607. The molecule has 102 valence electrons. The molecule has 1 N–H and O–H groups in total. The summed E-state index contributed by atoms with van der Waals surface area (Å²) >= 11 is 5.30. The van der Waals surface area contributed by atoms with Crippen molar-refractivity contribution in [1.82, 2.24) is 9.55 Å². The van der Waals surface area contributed by atoms with Gasteiger partial charge in [-0.05, 0) is 47.8 Å². The van der Waals surface area contributed by atoms with Crippen molar-refractivity contribution in [2.45, 2.75) is 45.2 Å². The highest BCUT2D eigenvalue weighted by Crippen LogP contribution is 2.25. The molecule has 2 aromatic heterocycles. The molecule has 0 aromatic carbocycles. The molecule has 1 aliphatic rings.